The Morgan fingerprint density at radius 2 is 2.07 bits per heavy atom. The van der Waals surface area contributed by atoms with Crippen LogP contribution in [0.15, 0.2) is 30.5 Å². The van der Waals surface area contributed by atoms with Gasteiger partial charge in [-0.1, -0.05) is 12.1 Å². The fourth-order valence-electron chi connectivity index (χ4n) is 3.32. The van der Waals surface area contributed by atoms with Gasteiger partial charge in [0, 0.05) is 30.7 Å². The molecule has 0 radical (unpaired) electrons. The number of anilines is 1. The van der Waals surface area contributed by atoms with Gasteiger partial charge < -0.3 is 15.3 Å². The number of para-hydroxylation sites is 1. The zero-order chi connectivity index (χ0) is 19.6. The number of halogens is 3. The number of hydrogen-bond donors (Lipinski definition) is 2. The van der Waals surface area contributed by atoms with Crippen LogP contribution in [0.2, 0.25) is 0 Å². The predicted molar refractivity (Wildman–Crippen MR) is 96.7 cm³/mol. The number of aliphatic hydroxyl groups is 1. The molecule has 1 aromatic carbocycles. The molecule has 0 bridgehead atoms. The van der Waals surface area contributed by atoms with Crippen LogP contribution in [0.25, 0.3) is 10.9 Å². The quantitative estimate of drug-likeness (QED) is 0.854. The average Bonchev–Trinajstić information content (AvgIpc) is 2.66. The minimum atomic E-state index is -4.14. The Bertz CT molecular complexity index is 817. The molecule has 1 aliphatic rings. The number of aliphatic hydroxyl groups excluding tert-OH is 1. The van der Waals surface area contributed by atoms with E-state index in [1.165, 1.54) is 6.20 Å². The number of nitrogens with zero attached hydrogens (tertiary/aromatic N) is 2. The van der Waals surface area contributed by atoms with Gasteiger partial charge in [-0.05, 0) is 31.9 Å². The number of rotatable bonds is 4. The van der Waals surface area contributed by atoms with Crippen LogP contribution in [0.5, 0.6) is 0 Å². The van der Waals surface area contributed by atoms with Crippen molar-refractivity contribution in [1.82, 2.24) is 10.3 Å². The highest BCUT2D eigenvalue weighted by molar-refractivity contribution is 5.99. The minimum absolute atomic E-state index is 0.0689. The highest BCUT2D eigenvalue weighted by atomic mass is 19.4. The molecule has 146 valence electrons. The highest BCUT2D eigenvalue weighted by Crippen LogP contribution is 2.36. The molecule has 3 rings (SSSR count). The van der Waals surface area contributed by atoms with E-state index in [1.807, 2.05) is 23.1 Å². The van der Waals surface area contributed by atoms with Crippen LogP contribution in [0.3, 0.4) is 0 Å². The summed E-state index contributed by atoms with van der Waals surface area (Å²) in [6.45, 7) is 2.17. The van der Waals surface area contributed by atoms with Crippen molar-refractivity contribution in [3.63, 3.8) is 0 Å². The zero-order valence-electron chi connectivity index (χ0n) is 15.0. The van der Waals surface area contributed by atoms with Crippen molar-refractivity contribution < 1.29 is 23.1 Å². The molecule has 0 unspecified atom stereocenters. The Kier molecular flexibility index (Phi) is 5.55. The van der Waals surface area contributed by atoms with Crippen LogP contribution in [0.4, 0.5) is 18.9 Å². The largest absolute Gasteiger partial charge is 0.394 e. The molecule has 8 heteroatoms. The molecule has 5 nitrogen and oxygen atoms in total. The van der Waals surface area contributed by atoms with E-state index in [0.29, 0.717) is 24.2 Å². The first-order valence-corrected chi connectivity index (χ1v) is 8.91. The number of amides is 1. The number of carbonyl (C=O) groups is 1. The molecule has 2 N–H and O–H groups in total. The number of piperidine rings is 1. The monoisotopic (exact) mass is 381 g/mol. The van der Waals surface area contributed by atoms with Gasteiger partial charge in [-0.25, -0.2) is 0 Å². The SMILES string of the molecule is C[C@H](CO)NC(=O)c1cnc2c(N3CCC(C(F)(F)F)CC3)cccc2c1. The van der Waals surface area contributed by atoms with Crippen molar-refractivity contribution in [2.24, 2.45) is 5.92 Å². The van der Waals surface area contributed by atoms with E-state index in [-0.39, 0.29) is 31.4 Å². The molecule has 1 amide bonds. The summed E-state index contributed by atoms with van der Waals surface area (Å²) < 4.78 is 38.6. The lowest BCUT2D eigenvalue weighted by molar-refractivity contribution is -0.179. The van der Waals surface area contributed by atoms with Crippen LogP contribution >= 0.6 is 0 Å². The Balaban J connectivity index is 1.81. The molecule has 1 aliphatic heterocycles. The number of nitrogens with one attached hydrogen (secondary N) is 1. The molecule has 1 saturated heterocycles. The molecule has 1 fully saturated rings. The van der Waals surface area contributed by atoms with E-state index < -0.39 is 12.1 Å². The predicted octanol–water partition coefficient (Wildman–Crippen LogP) is 3.12. The second-order valence-corrected chi connectivity index (χ2v) is 6.93. The third-order valence-corrected chi connectivity index (χ3v) is 4.90. The normalized spacial score (nSPS) is 17.1. The maximum Gasteiger partial charge on any atom is 0.391 e. The number of carbonyl (C=O) groups excluding carboxylic acids is 1. The molecular weight excluding hydrogens is 359 g/mol. The summed E-state index contributed by atoms with van der Waals surface area (Å²) in [4.78, 5) is 18.5. The Labute approximate surface area is 155 Å². The van der Waals surface area contributed by atoms with Gasteiger partial charge in [-0.2, -0.15) is 13.2 Å². The van der Waals surface area contributed by atoms with Crippen molar-refractivity contribution in [3.8, 4) is 0 Å². The summed E-state index contributed by atoms with van der Waals surface area (Å²) in [5, 5.41) is 12.5. The molecular formula is C19H22F3N3O2. The summed E-state index contributed by atoms with van der Waals surface area (Å²) in [6.07, 6.45) is -2.55. The topological polar surface area (TPSA) is 65.5 Å². The van der Waals surface area contributed by atoms with Gasteiger partial charge in [0.1, 0.15) is 0 Å². The highest BCUT2D eigenvalue weighted by Gasteiger charge is 2.41. The standard InChI is InChI=1S/C19H22F3N3O2/c1-12(11-26)24-18(27)14-9-13-3-2-4-16(17(13)23-10-14)25-7-5-15(6-8-25)19(20,21)22/h2-4,9-10,12,15,26H,5-8,11H2,1H3,(H,24,27)/t12-/m1/s1. The lowest BCUT2D eigenvalue weighted by atomic mass is 9.95. The Morgan fingerprint density at radius 1 is 1.37 bits per heavy atom. The summed E-state index contributed by atoms with van der Waals surface area (Å²) >= 11 is 0. The lowest BCUT2D eigenvalue weighted by Crippen LogP contribution is -2.39. The van der Waals surface area contributed by atoms with E-state index >= 15 is 0 Å². The third-order valence-electron chi connectivity index (χ3n) is 4.90. The first kappa shape index (κ1) is 19.4. The van der Waals surface area contributed by atoms with Crippen molar-refractivity contribution in [1.29, 1.82) is 0 Å². The average molecular weight is 381 g/mol. The van der Waals surface area contributed by atoms with Crippen molar-refractivity contribution in [3.05, 3.63) is 36.0 Å². The first-order valence-electron chi connectivity index (χ1n) is 8.91. The van der Waals surface area contributed by atoms with Gasteiger partial charge >= 0.3 is 6.18 Å². The molecule has 0 saturated carbocycles. The zero-order valence-corrected chi connectivity index (χ0v) is 15.0. The summed E-state index contributed by atoms with van der Waals surface area (Å²) in [5.74, 6) is -1.58. The summed E-state index contributed by atoms with van der Waals surface area (Å²) in [7, 11) is 0. The van der Waals surface area contributed by atoms with Gasteiger partial charge in [0.25, 0.3) is 5.91 Å². The number of aromatic nitrogens is 1. The Morgan fingerprint density at radius 3 is 2.70 bits per heavy atom. The van der Waals surface area contributed by atoms with Crippen LogP contribution in [0.1, 0.15) is 30.1 Å². The summed E-state index contributed by atoms with van der Waals surface area (Å²) in [5.41, 5.74) is 1.81. The lowest BCUT2D eigenvalue weighted by Gasteiger charge is -2.34. The molecule has 2 heterocycles. The molecule has 2 aromatic rings. The van der Waals surface area contributed by atoms with E-state index in [1.54, 1.807) is 13.0 Å². The minimum Gasteiger partial charge on any atom is -0.394 e. The van der Waals surface area contributed by atoms with Gasteiger partial charge in [0.2, 0.25) is 0 Å². The van der Waals surface area contributed by atoms with Crippen LogP contribution in [0, 0.1) is 5.92 Å². The van der Waals surface area contributed by atoms with Crippen LogP contribution in [-0.2, 0) is 0 Å². The molecule has 0 aliphatic carbocycles. The third kappa shape index (κ3) is 4.32. The first-order chi connectivity index (χ1) is 12.8. The van der Waals surface area contributed by atoms with Crippen LogP contribution < -0.4 is 10.2 Å². The Hall–Kier alpha value is -2.35. The van der Waals surface area contributed by atoms with Crippen molar-refractivity contribution in [2.75, 3.05) is 24.6 Å². The second kappa shape index (κ2) is 7.72. The van der Waals surface area contributed by atoms with E-state index in [0.717, 1.165) is 11.1 Å². The summed E-state index contributed by atoms with van der Waals surface area (Å²) in [6, 6.07) is 6.81. The van der Waals surface area contributed by atoms with Gasteiger partial charge in [-0.15, -0.1) is 0 Å². The second-order valence-electron chi connectivity index (χ2n) is 6.93. The molecule has 0 spiro atoms. The van der Waals surface area contributed by atoms with E-state index in [9.17, 15) is 18.0 Å². The maximum absolute atomic E-state index is 12.9. The number of fused-ring (bicyclic) bond motifs is 1. The number of alkyl halides is 3. The molecule has 1 atom stereocenters. The molecule has 1 aromatic heterocycles. The number of benzene rings is 1. The maximum atomic E-state index is 12.9. The van der Waals surface area contributed by atoms with Crippen LogP contribution in [-0.4, -0.2) is 47.9 Å². The van der Waals surface area contributed by atoms with Crippen molar-refractivity contribution in [2.45, 2.75) is 32.0 Å². The van der Waals surface area contributed by atoms with E-state index in [2.05, 4.69) is 10.3 Å². The van der Waals surface area contributed by atoms with Crippen molar-refractivity contribution >= 4 is 22.5 Å². The smallest absolute Gasteiger partial charge is 0.391 e. The fourth-order valence-corrected chi connectivity index (χ4v) is 3.32. The molecule has 27 heavy (non-hydrogen) atoms. The van der Waals surface area contributed by atoms with E-state index in [4.69, 9.17) is 5.11 Å². The van der Waals surface area contributed by atoms with Gasteiger partial charge in [-0.3, -0.25) is 9.78 Å². The van der Waals surface area contributed by atoms with Gasteiger partial charge in [0.05, 0.1) is 29.3 Å². The number of pyridine rings is 1. The fraction of sp³-hybridized carbons (Fsp3) is 0.474. The van der Waals surface area contributed by atoms with Gasteiger partial charge in [0.15, 0.2) is 0 Å². The number of hydrogen-bond acceptors (Lipinski definition) is 4.